The summed E-state index contributed by atoms with van der Waals surface area (Å²) in [6.45, 7) is 5.49. The van der Waals surface area contributed by atoms with Gasteiger partial charge in [-0.25, -0.2) is 4.98 Å². The second-order valence-corrected chi connectivity index (χ2v) is 9.10. The Bertz CT molecular complexity index is 1090. The van der Waals surface area contributed by atoms with Crippen molar-refractivity contribution in [2.45, 2.75) is 58.1 Å². The second-order valence-electron chi connectivity index (χ2n) is 9.10. The number of nitrogens with one attached hydrogen (secondary N) is 1. The molecule has 3 N–H and O–H groups in total. The number of benzene rings is 1. The lowest BCUT2D eigenvalue weighted by Crippen LogP contribution is -2.21. The highest BCUT2D eigenvalue weighted by molar-refractivity contribution is 6.04. The van der Waals surface area contributed by atoms with Gasteiger partial charge in [-0.15, -0.1) is 0 Å². The predicted octanol–water partition coefficient (Wildman–Crippen LogP) is 3.94. The Kier molecular flexibility index (Phi) is 5.81. The third-order valence-corrected chi connectivity index (χ3v) is 6.14. The fourth-order valence-corrected chi connectivity index (χ4v) is 4.34. The fraction of sp³-hybridized carbons (Fsp3) is 0.458. The van der Waals surface area contributed by atoms with Crippen molar-refractivity contribution in [2.75, 3.05) is 11.9 Å². The molecule has 4 rings (SSSR count). The summed E-state index contributed by atoms with van der Waals surface area (Å²) >= 11 is 0. The van der Waals surface area contributed by atoms with Crippen LogP contribution < -0.4 is 5.32 Å². The van der Waals surface area contributed by atoms with Crippen molar-refractivity contribution in [3.8, 4) is 0 Å². The molecule has 31 heavy (non-hydrogen) atoms. The highest BCUT2D eigenvalue weighted by Crippen LogP contribution is 2.35. The molecule has 7 nitrogen and oxygen atoms in total. The summed E-state index contributed by atoms with van der Waals surface area (Å²) in [6, 6.07) is 9.34. The highest BCUT2D eigenvalue weighted by Gasteiger charge is 2.26. The lowest BCUT2D eigenvalue weighted by atomic mass is 9.87. The molecule has 7 heteroatoms. The van der Waals surface area contributed by atoms with E-state index in [9.17, 15) is 15.0 Å². The molecule has 2 heterocycles. The number of nitrogens with zero attached hydrogens (tertiary/aromatic N) is 3. The van der Waals surface area contributed by atoms with Gasteiger partial charge in [0.1, 0.15) is 5.69 Å². The third kappa shape index (κ3) is 4.62. The van der Waals surface area contributed by atoms with E-state index < -0.39 is 5.60 Å². The van der Waals surface area contributed by atoms with Crippen molar-refractivity contribution in [2.24, 2.45) is 5.92 Å². The van der Waals surface area contributed by atoms with Crippen LogP contribution in [0, 0.1) is 12.8 Å². The Labute approximate surface area is 182 Å². The number of hydrogen-bond donors (Lipinski definition) is 3. The van der Waals surface area contributed by atoms with Gasteiger partial charge in [-0.1, -0.05) is 6.07 Å². The van der Waals surface area contributed by atoms with Crippen LogP contribution in [0.15, 0.2) is 36.5 Å². The highest BCUT2D eigenvalue weighted by atomic mass is 16.3. The zero-order valence-electron chi connectivity index (χ0n) is 18.3. The number of aryl methyl sites for hydroxylation is 1. The first kappa shape index (κ1) is 21.5. The minimum atomic E-state index is -1.15. The number of aliphatic hydroxyl groups is 2. The quantitative estimate of drug-likeness (QED) is 0.578. The maximum atomic E-state index is 12.8. The Morgan fingerprint density at radius 1 is 1.23 bits per heavy atom. The van der Waals surface area contributed by atoms with Crippen LogP contribution in [0.3, 0.4) is 0 Å². The van der Waals surface area contributed by atoms with Crippen LogP contribution in [-0.4, -0.2) is 37.5 Å². The fourth-order valence-electron chi connectivity index (χ4n) is 4.34. The van der Waals surface area contributed by atoms with Gasteiger partial charge in [0, 0.05) is 35.1 Å². The van der Waals surface area contributed by atoms with Gasteiger partial charge >= 0.3 is 0 Å². The van der Waals surface area contributed by atoms with Crippen molar-refractivity contribution in [3.63, 3.8) is 0 Å². The SMILES string of the molecule is Cc1cccc(C(=O)Nc2cc3cn(C4CCC(CO)CC4)nc3cc2C(C)(C)O)n1. The number of aromatic nitrogens is 3. The Morgan fingerprint density at radius 3 is 2.61 bits per heavy atom. The summed E-state index contributed by atoms with van der Waals surface area (Å²) in [5.41, 5.74) is 1.89. The number of anilines is 1. The topological polar surface area (TPSA) is 100 Å². The van der Waals surface area contributed by atoms with Gasteiger partial charge in [-0.05, 0) is 76.6 Å². The molecule has 0 unspecified atom stereocenters. The van der Waals surface area contributed by atoms with Gasteiger partial charge in [-0.2, -0.15) is 5.10 Å². The van der Waals surface area contributed by atoms with Crippen LogP contribution in [0.2, 0.25) is 0 Å². The van der Waals surface area contributed by atoms with Gasteiger partial charge < -0.3 is 15.5 Å². The molecule has 1 aliphatic carbocycles. The first-order chi connectivity index (χ1) is 14.7. The molecule has 1 aliphatic rings. The number of amides is 1. The number of carbonyl (C=O) groups excluding carboxylic acids is 1. The molecule has 0 radical (unpaired) electrons. The molecule has 0 saturated heterocycles. The van der Waals surface area contributed by atoms with Crippen molar-refractivity contribution < 1.29 is 15.0 Å². The van der Waals surface area contributed by atoms with Crippen molar-refractivity contribution in [1.29, 1.82) is 0 Å². The maximum Gasteiger partial charge on any atom is 0.274 e. The first-order valence-electron chi connectivity index (χ1n) is 10.9. The lowest BCUT2D eigenvalue weighted by molar-refractivity contribution is 0.0793. The van der Waals surface area contributed by atoms with E-state index in [0.717, 1.165) is 42.3 Å². The largest absolute Gasteiger partial charge is 0.396 e. The van der Waals surface area contributed by atoms with E-state index >= 15 is 0 Å². The number of pyridine rings is 1. The normalized spacial score (nSPS) is 19.5. The molecular weight excluding hydrogens is 392 g/mol. The number of hydrogen-bond acceptors (Lipinski definition) is 5. The smallest absolute Gasteiger partial charge is 0.274 e. The molecule has 0 atom stereocenters. The second kappa shape index (κ2) is 8.40. The molecular formula is C24H30N4O3. The van der Waals surface area contributed by atoms with E-state index in [1.54, 1.807) is 26.0 Å². The summed E-state index contributed by atoms with van der Waals surface area (Å²) in [5.74, 6) is 0.0725. The van der Waals surface area contributed by atoms with Crippen molar-refractivity contribution in [1.82, 2.24) is 14.8 Å². The Morgan fingerprint density at radius 2 is 1.97 bits per heavy atom. The van der Waals surface area contributed by atoms with Crippen LogP contribution in [0.25, 0.3) is 10.9 Å². The summed E-state index contributed by atoms with van der Waals surface area (Å²) in [4.78, 5) is 17.1. The Balaban J connectivity index is 1.66. The van der Waals surface area contributed by atoms with E-state index in [1.165, 1.54) is 0 Å². The van der Waals surface area contributed by atoms with Crippen molar-refractivity contribution >= 4 is 22.5 Å². The number of fused-ring (bicyclic) bond motifs is 1. The molecule has 1 amide bonds. The van der Waals surface area contributed by atoms with E-state index in [2.05, 4.69) is 10.3 Å². The van der Waals surface area contributed by atoms with Gasteiger partial charge in [0.25, 0.3) is 5.91 Å². The van der Waals surface area contributed by atoms with Gasteiger partial charge in [0.15, 0.2) is 0 Å². The Hall–Kier alpha value is -2.77. The van der Waals surface area contributed by atoms with E-state index in [1.807, 2.05) is 36.0 Å². The summed E-state index contributed by atoms with van der Waals surface area (Å²) < 4.78 is 2.00. The van der Waals surface area contributed by atoms with Gasteiger partial charge in [0.2, 0.25) is 0 Å². The van der Waals surface area contributed by atoms with Crippen LogP contribution in [-0.2, 0) is 5.60 Å². The first-order valence-corrected chi connectivity index (χ1v) is 10.9. The van der Waals surface area contributed by atoms with Crippen LogP contribution >= 0.6 is 0 Å². The van der Waals surface area contributed by atoms with E-state index in [-0.39, 0.29) is 12.5 Å². The summed E-state index contributed by atoms with van der Waals surface area (Å²) in [6.07, 6.45) is 5.97. The van der Waals surface area contributed by atoms with Crippen LogP contribution in [0.1, 0.15) is 67.3 Å². The zero-order chi connectivity index (χ0) is 22.2. The minimum Gasteiger partial charge on any atom is -0.396 e. The van der Waals surface area contributed by atoms with Crippen molar-refractivity contribution in [3.05, 3.63) is 53.5 Å². The number of carbonyl (C=O) groups is 1. The molecule has 164 valence electrons. The molecule has 1 saturated carbocycles. The van der Waals surface area contributed by atoms with Crippen LogP contribution in [0.4, 0.5) is 5.69 Å². The standard InChI is InChI=1S/C24H30N4O3/c1-15-5-4-6-20(25-15)23(30)26-22-11-17-13-28(18-9-7-16(14-29)8-10-18)27-21(17)12-19(22)24(2,3)31/h4-6,11-13,16,18,29,31H,7-10,14H2,1-3H3,(H,26,30). The number of rotatable bonds is 5. The van der Waals surface area contributed by atoms with E-state index in [0.29, 0.717) is 28.9 Å². The average Bonchev–Trinajstić information content (AvgIpc) is 3.15. The summed E-state index contributed by atoms with van der Waals surface area (Å²) in [7, 11) is 0. The molecule has 3 aromatic rings. The molecule has 0 aliphatic heterocycles. The molecule has 2 aromatic heterocycles. The van der Waals surface area contributed by atoms with Gasteiger partial charge in [-0.3, -0.25) is 9.48 Å². The lowest BCUT2D eigenvalue weighted by Gasteiger charge is -2.27. The molecule has 0 bridgehead atoms. The third-order valence-electron chi connectivity index (χ3n) is 6.14. The maximum absolute atomic E-state index is 12.8. The van der Waals surface area contributed by atoms with Crippen LogP contribution in [0.5, 0.6) is 0 Å². The molecule has 1 aromatic carbocycles. The number of aliphatic hydroxyl groups excluding tert-OH is 1. The molecule has 1 fully saturated rings. The predicted molar refractivity (Wildman–Crippen MR) is 120 cm³/mol. The summed E-state index contributed by atoms with van der Waals surface area (Å²) in [5, 5.41) is 28.7. The zero-order valence-corrected chi connectivity index (χ0v) is 18.3. The van der Waals surface area contributed by atoms with E-state index in [4.69, 9.17) is 5.10 Å². The minimum absolute atomic E-state index is 0.252. The average molecular weight is 423 g/mol. The molecule has 0 spiro atoms. The monoisotopic (exact) mass is 422 g/mol. The van der Waals surface area contributed by atoms with Gasteiger partial charge in [0.05, 0.1) is 17.2 Å².